The highest BCUT2D eigenvalue weighted by Crippen LogP contribution is 2.21. The van der Waals surface area contributed by atoms with Crippen LogP contribution in [0.5, 0.6) is 0 Å². The van der Waals surface area contributed by atoms with E-state index in [0.29, 0.717) is 0 Å². The summed E-state index contributed by atoms with van der Waals surface area (Å²) in [7, 11) is 2.12. The third-order valence-corrected chi connectivity index (χ3v) is 2.58. The molecule has 1 heterocycles. The maximum Gasteiger partial charge on any atom is 0.0952 e. The quantitative estimate of drug-likeness (QED) is 0.741. The molecule has 0 bridgehead atoms. The number of hydrogen-bond acceptors (Lipinski definition) is 3. The van der Waals surface area contributed by atoms with Crippen molar-refractivity contribution >= 4 is 5.69 Å². The van der Waals surface area contributed by atoms with Crippen LogP contribution in [-0.2, 0) is 4.74 Å². The van der Waals surface area contributed by atoms with E-state index in [1.807, 2.05) is 38.1 Å². The Kier molecular flexibility index (Phi) is 5.29. The van der Waals surface area contributed by atoms with Crippen LogP contribution >= 0.6 is 0 Å². The first-order valence-electron chi connectivity index (χ1n) is 5.91. The third kappa shape index (κ3) is 3.51. The summed E-state index contributed by atoms with van der Waals surface area (Å²) in [4.78, 5) is 2.28. The molecule has 90 valence electrons. The summed E-state index contributed by atoms with van der Waals surface area (Å²) in [6, 6.07) is 7.93. The van der Waals surface area contributed by atoms with Crippen molar-refractivity contribution in [3.63, 3.8) is 0 Å². The Balaban J connectivity index is 0.000000606. The van der Waals surface area contributed by atoms with E-state index in [1.54, 1.807) is 0 Å². The number of benzene rings is 1. The van der Waals surface area contributed by atoms with Gasteiger partial charge >= 0.3 is 0 Å². The number of likely N-dealkylation sites (N-methyl/N-ethyl adjacent to an activating group) is 1. The molecule has 2 N–H and O–H groups in total. The van der Waals surface area contributed by atoms with Crippen molar-refractivity contribution < 1.29 is 4.74 Å². The van der Waals surface area contributed by atoms with Crippen molar-refractivity contribution in [2.75, 3.05) is 32.5 Å². The Bertz CT molecular complexity index is 297. The number of nitrogens with zero attached hydrogens (tertiary/aromatic N) is 1. The Morgan fingerprint density at radius 2 is 1.88 bits per heavy atom. The van der Waals surface area contributed by atoms with Gasteiger partial charge < -0.3 is 15.4 Å². The fourth-order valence-corrected chi connectivity index (χ4v) is 1.69. The highest BCUT2D eigenvalue weighted by atomic mass is 16.5. The van der Waals surface area contributed by atoms with E-state index in [2.05, 4.69) is 11.9 Å². The first-order valence-corrected chi connectivity index (χ1v) is 5.91. The monoisotopic (exact) mass is 222 g/mol. The molecular weight excluding hydrogens is 200 g/mol. The van der Waals surface area contributed by atoms with Gasteiger partial charge in [0.25, 0.3) is 0 Å². The lowest BCUT2D eigenvalue weighted by Gasteiger charge is -2.30. The molecule has 1 unspecified atom stereocenters. The van der Waals surface area contributed by atoms with E-state index in [1.165, 1.54) is 5.56 Å². The molecule has 1 atom stereocenters. The van der Waals surface area contributed by atoms with Crippen LogP contribution in [0, 0.1) is 0 Å². The lowest BCUT2D eigenvalue weighted by molar-refractivity contribution is -0.0208. The van der Waals surface area contributed by atoms with Gasteiger partial charge in [0.05, 0.1) is 12.7 Å². The van der Waals surface area contributed by atoms with Crippen LogP contribution in [-0.4, -0.2) is 31.6 Å². The van der Waals surface area contributed by atoms with Gasteiger partial charge in [-0.3, -0.25) is 0 Å². The zero-order valence-corrected chi connectivity index (χ0v) is 10.4. The van der Waals surface area contributed by atoms with Crippen LogP contribution in [0.25, 0.3) is 0 Å². The first kappa shape index (κ1) is 13.0. The van der Waals surface area contributed by atoms with E-state index in [-0.39, 0.29) is 6.10 Å². The van der Waals surface area contributed by atoms with Crippen molar-refractivity contribution in [2.45, 2.75) is 20.0 Å². The summed E-state index contributed by atoms with van der Waals surface area (Å²) in [6.07, 6.45) is 0.203. The molecule has 1 saturated heterocycles. The van der Waals surface area contributed by atoms with Gasteiger partial charge in [-0.1, -0.05) is 26.0 Å². The second kappa shape index (κ2) is 6.51. The molecule has 1 fully saturated rings. The van der Waals surface area contributed by atoms with Crippen molar-refractivity contribution in [1.82, 2.24) is 4.90 Å². The van der Waals surface area contributed by atoms with Crippen LogP contribution in [0.15, 0.2) is 24.3 Å². The summed E-state index contributed by atoms with van der Waals surface area (Å²) in [5.41, 5.74) is 7.65. The smallest absolute Gasteiger partial charge is 0.0952 e. The molecule has 16 heavy (non-hydrogen) atoms. The predicted molar refractivity (Wildman–Crippen MR) is 68.4 cm³/mol. The minimum atomic E-state index is 0.203. The maximum atomic E-state index is 5.69. The summed E-state index contributed by atoms with van der Waals surface area (Å²) < 4.78 is 5.69. The van der Waals surface area contributed by atoms with E-state index in [0.717, 1.165) is 25.4 Å². The normalized spacial score (nSPS) is 21.1. The van der Waals surface area contributed by atoms with Gasteiger partial charge in [0.2, 0.25) is 0 Å². The first-order chi connectivity index (χ1) is 7.75. The van der Waals surface area contributed by atoms with Crippen LogP contribution in [0.2, 0.25) is 0 Å². The minimum absolute atomic E-state index is 0.203. The molecular formula is C13H22N2O. The van der Waals surface area contributed by atoms with Gasteiger partial charge in [-0.15, -0.1) is 0 Å². The van der Waals surface area contributed by atoms with E-state index >= 15 is 0 Å². The van der Waals surface area contributed by atoms with Crippen molar-refractivity contribution in [2.24, 2.45) is 0 Å². The van der Waals surface area contributed by atoms with Crippen LogP contribution in [0.4, 0.5) is 5.69 Å². The molecule has 0 saturated carbocycles. The lowest BCUT2D eigenvalue weighted by atomic mass is 10.1. The van der Waals surface area contributed by atoms with E-state index < -0.39 is 0 Å². The van der Waals surface area contributed by atoms with Crippen molar-refractivity contribution in [3.05, 3.63) is 29.8 Å². The Hall–Kier alpha value is -1.06. The zero-order chi connectivity index (χ0) is 12.0. The zero-order valence-electron chi connectivity index (χ0n) is 10.4. The molecule has 1 aromatic carbocycles. The van der Waals surface area contributed by atoms with Crippen LogP contribution in [0.3, 0.4) is 0 Å². The van der Waals surface area contributed by atoms with Gasteiger partial charge in [-0.05, 0) is 24.7 Å². The van der Waals surface area contributed by atoms with Crippen LogP contribution < -0.4 is 5.73 Å². The molecule has 1 aliphatic heterocycles. The maximum absolute atomic E-state index is 5.69. The predicted octanol–water partition coefficient (Wildman–Crippen LogP) is 2.30. The van der Waals surface area contributed by atoms with E-state index in [4.69, 9.17) is 10.5 Å². The molecule has 0 spiro atoms. The van der Waals surface area contributed by atoms with Gasteiger partial charge in [0.15, 0.2) is 0 Å². The van der Waals surface area contributed by atoms with Crippen molar-refractivity contribution in [1.29, 1.82) is 0 Å². The summed E-state index contributed by atoms with van der Waals surface area (Å²) >= 11 is 0. The van der Waals surface area contributed by atoms with Crippen molar-refractivity contribution in [3.8, 4) is 0 Å². The average molecular weight is 222 g/mol. The lowest BCUT2D eigenvalue weighted by Crippen LogP contribution is -2.35. The summed E-state index contributed by atoms with van der Waals surface area (Å²) in [5, 5.41) is 0. The number of nitrogen functional groups attached to an aromatic ring is 1. The second-order valence-corrected chi connectivity index (χ2v) is 3.79. The molecule has 0 radical (unpaired) electrons. The average Bonchev–Trinajstić information content (AvgIpc) is 2.32. The third-order valence-electron chi connectivity index (χ3n) is 2.58. The van der Waals surface area contributed by atoms with Gasteiger partial charge in [-0.25, -0.2) is 0 Å². The van der Waals surface area contributed by atoms with Crippen LogP contribution in [0.1, 0.15) is 25.5 Å². The Morgan fingerprint density at radius 3 is 2.44 bits per heavy atom. The highest BCUT2D eigenvalue weighted by Gasteiger charge is 2.18. The SMILES string of the molecule is CC.CN1CCOC(c2ccc(N)cc2)C1. The number of hydrogen-bond donors (Lipinski definition) is 1. The largest absolute Gasteiger partial charge is 0.399 e. The molecule has 3 heteroatoms. The number of rotatable bonds is 1. The molecule has 3 nitrogen and oxygen atoms in total. The molecule has 0 aromatic heterocycles. The number of anilines is 1. The highest BCUT2D eigenvalue weighted by molar-refractivity contribution is 5.40. The standard InChI is InChI=1S/C11H16N2O.C2H6/c1-13-6-7-14-11(8-13)9-2-4-10(12)5-3-9;1-2/h2-5,11H,6-8,12H2,1H3;1-2H3. The summed E-state index contributed by atoms with van der Waals surface area (Å²) in [5.74, 6) is 0. The van der Waals surface area contributed by atoms with E-state index in [9.17, 15) is 0 Å². The summed E-state index contributed by atoms with van der Waals surface area (Å²) in [6.45, 7) is 6.79. The van der Waals surface area contributed by atoms with Gasteiger partial charge in [0, 0.05) is 18.8 Å². The second-order valence-electron chi connectivity index (χ2n) is 3.79. The van der Waals surface area contributed by atoms with Gasteiger partial charge in [-0.2, -0.15) is 0 Å². The molecule has 1 aromatic rings. The fraction of sp³-hybridized carbons (Fsp3) is 0.538. The molecule has 1 aliphatic rings. The minimum Gasteiger partial charge on any atom is -0.399 e. The number of nitrogens with two attached hydrogens (primary N) is 1. The molecule has 0 amide bonds. The number of ether oxygens (including phenoxy) is 1. The number of morpholine rings is 1. The molecule has 0 aliphatic carbocycles. The topological polar surface area (TPSA) is 38.5 Å². The Labute approximate surface area is 98.2 Å². The van der Waals surface area contributed by atoms with Gasteiger partial charge in [0.1, 0.15) is 0 Å². The molecule has 2 rings (SSSR count). The fourth-order valence-electron chi connectivity index (χ4n) is 1.69. The Morgan fingerprint density at radius 1 is 1.25 bits per heavy atom.